The van der Waals surface area contributed by atoms with Gasteiger partial charge in [-0.3, -0.25) is 9.47 Å². The number of ether oxygens (including phenoxy) is 2. The van der Waals surface area contributed by atoms with Gasteiger partial charge < -0.3 is 0 Å². The van der Waals surface area contributed by atoms with Crippen LogP contribution in [0.15, 0.2) is 0 Å². The molecule has 0 aliphatic carbocycles. The Morgan fingerprint density at radius 3 is 2.00 bits per heavy atom. The van der Waals surface area contributed by atoms with Crippen LogP contribution >= 0.6 is 34.8 Å². The smallest absolute Gasteiger partial charge is 0.299 e. The number of hydrogen-bond acceptors (Lipinski definition) is 2. The Kier molecular flexibility index (Phi) is 4.29. The van der Waals surface area contributed by atoms with Gasteiger partial charge in [-0.2, -0.15) is 0 Å². The van der Waals surface area contributed by atoms with Crippen molar-refractivity contribution >= 4 is 34.8 Å². The average Bonchev–Trinajstić information content (AvgIpc) is 1.83. The Morgan fingerprint density at radius 2 is 1.73 bits per heavy atom. The third kappa shape index (κ3) is 7.03. The molecule has 0 aromatic carbocycles. The molecule has 68 valence electrons. The highest BCUT2D eigenvalue weighted by Crippen LogP contribution is 2.29. The first-order chi connectivity index (χ1) is 4.77. The van der Waals surface area contributed by atoms with Crippen molar-refractivity contribution in [3.05, 3.63) is 0 Å². The normalized spacial score (nSPS) is 13.6. The molecule has 7 heteroatoms. The van der Waals surface area contributed by atoms with E-state index >= 15 is 0 Å². The highest BCUT2D eigenvalue weighted by atomic mass is 35.6. The molecule has 0 rings (SSSR count). The van der Waals surface area contributed by atoms with E-state index in [1.54, 1.807) is 0 Å². The van der Waals surface area contributed by atoms with Crippen LogP contribution in [0.4, 0.5) is 8.78 Å². The van der Waals surface area contributed by atoms with Crippen LogP contribution in [-0.4, -0.2) is 23.8 Å². The van der Waals surface area contributed by atoms with Gasteiger partial charge in [0.25, 0.3) is 0 Å². The zero-order valence-corrected chi connectivity index (χ0v) is 7.68. The van der Waals surface area contributed by atoms with E-state index in [0.29, 0.717) is 0 Å². The summed E-state index contributed by atoms with van der Waals surface area (Å²) in [6, 6.07) is 0. The minimum absolute atomic E-state index is 0.738. The van der Waals surface area contributed by atoms with E-state index in [1.807, 2.05) is 0 Å². The third-order valence-corrected chi connectivity index (χ3v) is 0.969. The number of halogens is 5. The molecule has 0 aromatic heterocycles. The quantitative estimate of drug-likeness (QED) is 0.547. The SMILES string of the molecule is COC(F)(F)OCC(Cl)(Cl)Cl. The zero-order valence-electron chi connectivity index (χ0n) is 5.41. The summed E-state index contributed by atoms with van der Waals surface area (Å²) in [5.41, 5.74) is 0. The number of hydrogen-bond donors (Lipinski definition) is 0. The van der Waals surface area contributed by atoms with Crippen LogP contribution in [0.5, 0.6) is 0 Å². The van der Waals surface area contributed by atoms with Crippen LogP contribution in [0.25, 0.3) is 0 Å². The molecule has 0 spiro atoms. The lowest BCUT2D eigenvalue weighted by Crippen LogP contribution is -2.28. The standard InChI is InChI=1S/C4H5Cl3F2O2/c1-10-4(8,9)11-2-3(5,6)7/h2H2,1H3. The summed E-state index contributed by atoms with van der Waals surface area (Å²) in [5, 5.41) is 0. The topological polar surface area (TPSA) is 18.5 Å². The van der Waals surface area contributed by atoms with E-state index < -0.39 is 16.7 Å². The Labute approximate surface area is 77.3 Å². The van der Waals surface area contributed by atoms with Crippen molar-refractivity contribution in [1.29, 1.82) is 0 Å². The summed E-state index contributed by atoms with van der Waals surface area (Å²) >= 11 is 15.3. The largest absolute Gasteiger partial charge is 0.485 e. The summed E-state index contributed by atoms with van der Waals surface area (Å²) in [5.74, 6) is 0. The van der Waals surface area contributed by atoms with Crippen molar-refractivity contribution in [3.8, 4) is 0 Å². The minimum atomic E-state index is -3.70. The molecule has 0 radical (unpaired) electrons. The predicted molar refractivity (Wildman–Crippen MR) is 38.2 cm³/mol. The van der Waals surface area contributed by atoms with Crippen LogP contribution in [0, 0.1) is 0 Å². The monoisotopic (exact) mass is 228 g/mol. The summed E-state index contributed by atoms with van der Waals surface area (Å²) in [7, 11) is 0.776. The number of methoxy groups -OCH3 is 1. The lowest BCUT2D eigenvalue weighted by atomic mass is 10.8. The molecular formula is C4H5Cl3F2O2. The molecule has 0 heterocycles. The van der Waals surface area contributed by atoms with Crippen LogP contribution in [0.3, 0.4) is 0 Å². The van der Waals surface area contributed by atoms with Gasteiger partial charge in [-0.1, -0.05) is 34.8 Å². The molecule has 0 aliphatic heterocycles. The van der Waals surface area contributed by atoms with E-state index in [0.717, 1.165) is 7.11 Å². The van der Waals surface area contributed by atoms with E-state index in [4.69, 9.17) is 34.8 Å². The zero-order chi connectivity index (χ0) is 9.12. The third-order valence-electron chi connectivity index (χ3n) is 0.642. The van der Waals surface area contributed by atoms with Crippen LogP contribution < -0.4 is 0 Å². The molecule has 0 aromatic rings. The molecule has 0 amide bonds. The van der Waals surface area contributed by atoms with Gasteiger partial charge in [0.05, 0.1) is 0 Å². The Hall–Kier alpha value is 0.650. The van der Waals surface area contributed by atoms with Gasteiger partial charge in [-0.05, 0) is 0 Å². The second kappa shape index (κ2) is 4.05. The maximum absolute atomic E-state index is 12.1. The molecule has 11 heavy (non-hydrogen) atoms. The summed E-state index contributed by atoms with van der Waals surface area (Å²) in [6.45, 7) is -0.738. The van der Waals surface area contributed by atoms with Gasteiger partial charge in [0, 0.05) is 7.11 Å². The van der Waals surface area contributed by atoms with Gasteiger partial charge in [0.1, 0.15) is 6.61 Å². The van der Waals surface area contributed by atoms with Crippen molar-refractivity contribution < 1.29 is 18.3 Å². The number of alkyl halides is 5. The van der Waals surface area contributed by atoms with E-state index in [-0.39, 0.29) is 0 Å². The van der Waals surface area contributed by atoms with Crippen LogP contribution in [0.1, 0.15) is 0 Å². The summed E-state index contributed by atoms with van der Waals surface area (Å²) in [6.07, 6.45) is -3.70. The average molecular weight is 229 g/mol. The molecule has 0 aliphatic rings. The maximum Gasteiger partial charge on any atom is 0.485 e. The van der Waals surface area contributed by atoms with E-state index in [9.17, 15) is 8.78 Å². The minimum Gasteiger partial charge on any atom is -0.299 e. The van der Waals surface area contributed by atoms with Crippen LogP contribution in [0.2, 0.25) is 0 Å². The lowest BCUT2D eigenvalue weighted by molar-refractivity contribution is -0.382. The molecular weight excluding hydrogens is 224 g/mol. The first-order valence-corrected chi connectivity index (χ1v) is 3.54. The molecule has 0 unspecified atom stereocenters. The van der Waals surface area contributed by atoms with Gasteiger partial charge in [-0.15, -0.1) is 8.78 Å². The fraction of sp³-hybridized carbons (Fsp3) is 1.00. The van der Waals surface area contributed by atoms with Gasteiger partial charge in [0.2, 0.25) is 3.79 Å². The maximum atomic E-state index is 12.1. The predicted octanol–water partition coefficient (Wildman–Crippen LogP) is 2.57. The van der Waals surface area contributed by atoms with E-state index in [2.05, 4.69) is 9.47 Å². The molecule has 0 fully saturated rings. The molecule has 0 atom stereocenters. The Bertz CT molecular complexity index is 125. The summed E-state index contributed by atoms with van der Waals surface area (Å²) in [4.78, 5) is 0. The molecule has 2 nitrogen and oxygen atoms in total. The van der Waals surface area contributed by atoms with Gasteiger partial charge in [-0.25, -0.2) is 0 Å². The second-order valence-electron chi connectivity index (χ2n) is 1.57. The molecule has 0 saturated carbocycles. The van der Waals surface area contributed by atoms with Gasteiger partial charge in [0.15, 0.2) is 0 Å². The van der Waals surface area contributed by atoms with Crippen molar-refractivity contribution in [3.63, 3.8) is 0 Å². The number of rotatable bonds is 3. The van der Waals surface area contributed by atoms with Crippen molar-refractivity contribution in [2.45, 2.75) is 10.1 Å². The lowest BCUT2D eigenvalue weighted by Gasteiger charge is -2.17. The first-order valence-electron chi connectivity index (χ1n) is 2.40. The first kappa shape index (κ1) is 11.6. The second-order valence-corrected chi connectivity index (χ2v) is 4.09. The molecule has 0 bridgehead atoms. The Balaban J connectivity index is 3.70. The fourth-order valence-corrected chi connectivity index (χ4v) is 0.388. The highest BCUT2D eigenvalue weighted by molar-refractivity contribution is 6.67. The molecule has 0 N–H and O–H groups in total. The van der Waals surface area contributed by atoms with Gasteiger partial charge >= 0.3 is 6.29 Å². The Morgan fingerprint density at radius 1 is 1.27 bits per heavy atom. The van der Waals surface area contributed by atoms with Crippen molar-refractivity contribution in [1.82, 2.24) is 0 Å². The fourth-order valence-electron chi connectivity index (χ4n) is 0.225. The van der Waals surface area contributed by atoms with Crippen molar-refractivity contribution in [2.75, 3.05) is 13.7 Å². The molecule has 0 saturated heterocycles. The van der Waals surface area contributed by atoms with Crippen molar-refractivity contribution in [2.24, 2.45) is 0 Å². The summed E-state index contributed by atoms with van der Waals surface area (Å²) < 4.78 is 29.7. The highest BCUT2D eigenvalue weighted by Gasteiger charge is 2.34. The van der Waals surface area contributed by atoms with Crippen LogP contribution in [-0.2, 0) is 9.47 Å². The van der Waals surface area contributed by atoms with E-state index in [1.165, 1.54) is 0 Å².